The van der Waals surface area contributed by atoms with Gasteiger partial charge in [0.2, 0.25) is 0 Å². The molecule has 0 amide bonds. The van der Waals surface area contributed by atoms with E-state index in [1.165, 1.54) is 32.1 Å². The Morgan fingerprint density at radius 2 is 1.89 bits per heavy atom. The molecule has 1 fully saturated rings. The van der Waals surface area contributed by atoms with Crippen molar-refractivity contribution < 1.29 is 5.11 Å². The van der Waals surface area contributed by atoms with Crippen LogP contribution in [0.4, 0.5) is 0 Å². The highest BCUT2D eigenvalue weighted by molar-refractivity contribution is 6.32. The third kappa shape index (κ3) is 4.12. The summed E-state index contributed by atoms with van der Waals surface area (Å²) in [4.78, 5) is 0. The molecular weight excluding hydrogens is 258 g/mol. The van der Waals surface area contributed by atoms with Crippen LogP contribution in [0.3, 0.4) is 0 Å². The Morgan fingerprint density at radius 3 is 2.58 bits per heavy atom. The number of rotatable bonds is 5. The number of phenolic OH excluding ortho intramolecular Hbond substituents is 1. The summed E-state index contributed by atoms with van der Waals surface area (Å²) in [5.74, 6) is 1.96. The van der Waals surface area contributed by atoms with Gasteiger partial charge in [0.15, 0.2) is 0 Å². The molecule has 3 heteroatoms. The Bertz CT molecular complexity index is 400. The van der Waals surface area contributed by atoms with E-state index in [9.17, 15) is 5.11 Å². The Kier molecular flexibility index (Phi) is 5.53. The van der Waals surface area contributed by atoms with Crippen LogP contribution in [0.2, 0.25) is 5.02 Å². The Balaban J connectivity index is 1.74. The summed E-state index contributed by atoms with van der Waals surface area (Å²) in [5.41, 5.74) is 0.884. The van der Waals surface area contributed by atoms with E-state index in [4.69, 9.17) is 11.6 Å². The van der Waals surface area contributed by atoms with Gasteiger partial charge in [-0.05, 0) is 37.3 Å². The first-order valence-electron chi connectivity index (χ1n) is 7.37. The largest absolute Gasteiger partial charge is 0.506 e. The molecule has 2 N–H and O–H groups in total. The van der Waals surface area contributed by atoms with Crippen LogP contribution in [-0.4, -0.2) is 11.7 Å². The average Bonchev–Trinajstić information content (AvgIpc) is 2.44. The van der Waals surface area contributed by atoms with Crippen molar-refractivity contribution >= 4 is 11.6 Å². The van der Waals surface area contributed by atoms with Crippen LogP contribution in [0.25, 0.3) is 0 Å². The average molecular weight is 282 g/mol. The number of benzene rings is 1. The van der Waals surface area contributed by atoms with Crippen molar-refractivity contribution in [3.63, 3.8) is 0 Å². The lowest BCUT2D eigenvalue weighted by atomic mass is 9.81. The van der Waals surface area contributed by atoms with Crippen molar-refractivity contribution in [3.8, 4) is 5.75 Å². The smallest absolute Gasteiger partial charge is 0.138 e. The molecule has 0 heterocycles. The Hall–Kier alpha value is -0.730. The molecule has 0 aromatic heterocycles. The highest BCUT2D eigenvalue weighted by atomic mass is 35.5. The van der Waals surface area contributed by atoms with Crippen LogP contribution < -0.4 is 5.32 Å². The molecule has 2 rings (SSSR count). The number of para-hydroxylation sites is 1. The summed E-state index contributed by atoms with van der Waals surface area (Å²) in [6.07, 6.45) is 6.77. The molecule has 0 unspecified atom stereocenters. The van der Waals surface area contributed by atoms with Crippen LogP contribution in [-0.2, 0) is 6.54 Å². The number of hydrogen-bond acceptors (Lipinski definition) is 2. The SMILES string of the molecule is CCC1CCC(CNCc2cccc(Cl)c2O)CC1. The third-order valence-corrected chi connectivity index (χ3v) is 4.67. The standard InChI is InChI=1S/C16H24ClNO/c1-2-12-6-8-13(9-7-12)10-18-11-14-4-3-5-15(17)16(14)19/h3-5,12-13,18-19H,2,6-11H2,1H3. The summed E-state index contributed by atoms with van der Waals surface area (Å²) in [6.45, 7) is 4.04. The lowest BCUT2D eigenvalue weighted by Gasteiger charge is -2.28. The predicted molar refractivity (Wildman–Crippen MR) is 80.6 cm³/mol. The second-order valence-electron chi connectivity index (χ2n) is 5.67. The summed E-state index contributed by atoms with van der Waals surface area (Å²) in [6, 6.07) is 5.51. The van der Waals surface area contributed by atoms with Crippen molar-refractivity contribution in [2.24, 2.45) is 11.8 Å². The van der Waals surface area contributed by atoms with Crippen molar-refractivity contribution in [2.75, 3.05) is 6.54 Å². The summed E-state index contributed by atoms with van der Waals surface area (Å²) in [5, 5.41) is 13.7. The van der Waals surface area contributed by atoms with E-state index < -0.39 is 0 Å². The second kappa shape index (κ2) is 7.16. The fourth-order valence-corrected chi connectivity index (χ4v) is 3.15. The van der Waals surface area contributed by atoms with Gasteiger partial charge in [-0.2, -0.15) is 0 Å². The van der Waals surface area contributed by atoms with Gasteiger partial charge < -0.3 is 10.4 Å². The first-order chi connectivity index (χ1) is 9.20. The molecule has 19 heavy (non-hydrogen) atoms. The van der Waals surface area contributed by atoms with Gasteiger partial charge in [0, 0.05) is 12.1 Å². The van der Waals surface area contributed by atoms with Crippen molar-refractivity contribution in [1.82, 2.24) is 5.32 Å². The molecule has 1 aromatic carbocycles. The van der Waals surface area contributed by atoms with Gasteiger partial charge in [0.05, 0.1) is 5.02 Å². The molecular formula is C16H24ClNO. The normalized spacial score (nSPS) is 23.5. The molecule has 0 atom stereocenters. The molecule has 0 spiro atoms. The van der Waals surface area contributed by atoms with E-state index in [1.807, 2.05) is 12.1 Å². The van der Waals surface area contributed by atoms with Gasteiger partial charge in [-0.15, -0.1) is 0 Å². The number of phenols is 1. The quantitative estimate of drug-likeness (QED) is 0.841. The van der Waals surface area contributed by atoms with E-state index >= 15 is 0 Å². The third-order valence-electron chi connectivity index (χ3n) is 4.36. The van der Waals surface area contributed by atoms with Crippen molar-refractivity contribution in [1.29, 1.82) is 0 Å². The van der Waals surface area contributed by atoms with E-state index in [0.717, 1.165) is 23.9 Å². The summed E-state index contributed by atoms with van der Waals surface area (Å²) >= 11 is 5.90. The van der Waals surface area contributed by atoms with Gasteiger partial charge >= 0.3 is 0 Å². The number of aromatic hydroxyl groups is 1. The van der Waals surface area contributed by atoms with E-state index in [1.54, 1.807) is 6.07 Å². The molecule has 106 valence electrons. The first-order valence-corrected chi connectivity index (χ1v) is 7.75. The van der Waals surface area contributed by atoms with Crippen LogP contribution >= 0.6 is 11.6 Å². The summed E-state index contributed by atoms with van der Waals surface area (Å²) < 4.78 is 0. The van der Waals surface area contributed by atoms with Crippen molar-refractivity contribution in [2.45, 2.75) is 45.6 Å². The second-order valence-corrected chi connectivity index (χ2v) is 6.08. The van der Waals surface area contributed by atoms with Gasteiger partial charge in [-0.25, -0.2) is 0 Å². The molecule has 1 aromatic rings. The number of nitrogens with one attached hydrogen (secondary N) is 1. The number of hydrogen-bond donors (Lipinski definition) is 2. The molecule has 1 aliphatic carbocycles. The van der Waals surface area contributed by atoms with Gasteiger partial charge in [0.1, 0.15) is 5.75 Å². The minimum Gasteiger partial charge on any atom is -0.506 e. The predicted octanol–water partition coefficient (Wildman–Crippen LogP) is 4.35. The zero-order valence-corrected chi connectivity index (χ0v) is 12.4. The van der Waals surface area contributed by atoms with E-state index in [-0.39, 0.29) is 5.75 Å². The zero-order valence-electron chi connectivity index (χ0n) is 11.7. The summed E-state index contributed by atoms with van der Waals surface area (Å²) in [7, 11) is 0. The highest BCUT2D eigenvalue weighted by Gasteiger charge is 2.19. The lowest BCUT2D eigenvalue weighted by molar-refractivity contribution is 0.262. The lowest BCUT2D eigenvalue weighted by Crippen LogP contribution is -2.26. The number of halogens is 1. The molecule has 1 saturated carbocycles. The Morgan fingerprint density at radius 1 is 1.21 bits per heavy atom. The van der Waals surface area contributed by atoms with E-state index in [2.05, 4.69) is 12.2 Å². The molecule has 2 nitrogen and oxygen atoms in total. The molecule has 0 saturated heterocycles. The van der Waals surface area contributed by atoms with Gasteiger partial charge in [-0.3, -0.25) is 0 Å². The van der Waals surface area contributed by atoms with E-state index in [0.29, 0.717) is 11.6 Å². The highest BCUT2D eigenvalue weighted by Crippen LogP contribution is 2.30. The Labute approximate surface area is 121 Å². The first kappa shape index (κ1) is 14.7. The van der Waals surface area contributed by atoms with Crippen LogP contribution in [0.1, 0.15) is 44.6 Å². The maximum Gasteiger partial charge on any atom is 0.138 e. The van der Waals surface area contributed by atoms with Gasteiger partial charge in [0.25, 0.3) is 0 Å². The van der Waals surface area contributed by atoms with Crippen molar-refractivity contribution in [3.05, 3.63) is 28.8 Å². The molecule has 0 bridgehead atoms. The molecule has 0 aliphatic heterocycles. The van der Waals surface area contributed by atoms with Crippen LogP contribution in [0, 0.1) is 11.8 Å². The maximum absolute atomic E-state index is 9.83. The molecule has 0 radical (unpaired) electrons. The fourth-order valence-electron chi connectivity index (χ4n) is 2.96. The molecule has 1 aliphatic rings. The van der Waals surface area contributed by atoms with Crippen LogP contribution in [0.5, 0.6) is 5.75 Å². The maximum atomic E-state index is 9.83. The fraction of sp³-hybridized carbons (Fsp3) is 0.625. The monoisotopic (exact) mass is 281 g/mol. The zero-order chi connectivity index (χ0) is 13.7. The minimum atomic E-state index is 0.214. The minimum absolute atomic E-state index is 0.214. The van der Waals surface area contributed by atoms with Gasteiger partial charge in [-0.1, -0.05) is 49.9 Å². The van der Waals surface area contributed by atoms with Crippen LogP contribution in [0.15, 0.2) is 18.2 Å². The topological polar surface area (TPSA) is 32.3 Å².